The Labute approximate surface area is 204 Å². The first-order valence-corrected chi connectivity index (χ1v) is 12.2. The lowest BCUT2D eigenvalue weighted by Gasteiger charge is -2.25. The van der Waals surface area contributed by atoms with Gasteiger partial charge in [-0.05, 0) is 47.9 Å². The van der Waals surface area contributed by atoms with Crippen LogP contribution in [0.25, 0.3) is 11.1 Å². The van der Waals surface area contributed by atoms with Crippen LogP contribution in [0.5, 0.6) is 0 Å². The van der Waals surface area contributed by atoms with E-state index in [1.54, 1.807) is 0 Å². The second kappa shape index (κ2) is 10.9. The molecule has 0 spiro atoms. The van der Waals surface area contributed by atoms with Crippen molar-refractivity contribution >= 4 is 18.0 Å². The molecule has 2 amide bonds. The van der Waals surface area contributed by atoms with Crippen molar-refractivity contribution < 1.29 is 29.3 Å². The van der Waals surface area contributed by atoms with Crippen molar-refractivity contribution in [2.24, 2.45) is 5.92 Å². The van der Waals surface area contributed by atoms with E-state index in [-0.39, 0.29) is 24.9 Å². The summed E-state index contributed by atoms with van der Waals surface area (Å²) in [7, 11) is 0. The highest BCUT2D eigenvalue weighted by Gasteiger charge is 2.33. The van der Waals surface area contributed by atoms with Gasteiger partial charge >= 0.3 is 12.1 Å². The third-order valence-corrected chi connectivity index (χ3v) is 7.09. The Balaban J connectivity index is 1.40. The summed E-state index contributed by atoms with van der Waals surface area (Å²) < 4.78 is 5.65. The van der Waals surface area contributed by atoms with Gasteiger partial charge in [0.15, 0.2) is 6.04 Å². The van der Waals surface area contributed by atoms with Crippen LogP contribution in [-0.4, -0.2) is 53.0 Å². The second-order valence-corrected chi connectivity index (χ2v) is 9.45. The van der Waals surface area contributed by atoms with Gasteiger partial charge in [0.25, 0.3) is 0 Å². The number of alkyl carbamates (subject to hydrolysis) is 1. The van der Waals surface area contributed by atoms with E-state index in [1.807, 2.05) is 36.4 Å². The van der Waals surface area contributed by atoms with Gasteiger partial charge < -0.3 is 25.6 Å². The number of carboxylic acid groups (broad SMARTS) is 1. The quantitative estimate of drug-likeness (QED) is 0.436. The zero-order chi connectivity index (χ0) is 24.9. The predicted molar refractivity (Wildman–Crippen MR) is 130 cm³/mol. The molecule has 3 unspecified atom stereocenters. The van der Waals surface area contributed by atoms with Crippen LogP contribution < -0.4 is 10.6 Å². The van der Waals surface area contributed by atoms with Crippen molar-refractivity contribution in [1.82, 2.24) is 10.6 Å². The molecule has 35 heavy (non-hydrogen) atoms. The summed E-state index contributed by atoms with van der Waals surface area (Å²) in [5.74, 6) is -1.80. The van der Waals surface area contributed by atoms with Gasteiger partial charge in [0.05, 0.1) is 6.10 Å². The van der Waals surface area contributed by atoms with Crippen molar-refractivity contribution in [2.75, 3.05) is 6.61 Å². The van der Waals surface area contributed by atoms with Gasteiger partial charge in [0.2, 0.25) is 5.91 Å². The highest BCUT2D eigenvalue weighted by Crippen LogP contribution is 2.44. The summed E-state index contributed by atoms with van der Waals surface area (Å²) in [4.78, 5) is 36.7. The molecule has 2 aliphatic carbocycles. The molecule has 8 heteroatoms. The molecule has 0 heterocycles. The van der Waals surface area contributed by atoms with E-state index >= 15 is 0 Å². The molecule has 4 rings (SSSR count). The molecule has 0 bridgehead atoms. The van der Waals surface area contributed by atoms with Crippen molar-refractivity contribution in [2.45, 2.75) is 63.1 Å². The van der Waals surface area contributed by atoms with Crippen molar-refractivity contribution in [3.8, 4) is 11.1 Å². The van der Waals surface area contributed by atoms with E-state index in [4.69, 9.17) is 4.74 Å². The van der Waals surface area contributed by atoms with Crippen LogP contribution in [0.2, 0.25) is 0 Å². The third kappa shape index (κ3) is 5.65. The number of aliphatic hydroxyl groups is 1. The van der Waals surface area contributed by atoms with Gasteiger partial charge in [-0.15, -0.1) is 0 Å². The Kier molecular flexibility index (Phi) is 7.70. The molecule has 2 aromatic carbocycles. The van der Waals surface area contributed by atoms with Crippen molar-refractivity contribution in [1.29, 1.82) is 0 Å². The number of benzene rings is 2. The largest absolute Gasteiger partial charge is 0.480 e. The fourth-order valence-electron chi connectivity index (χ4n) is 5.31. The summed E-state index contributed by atoms with van der Waals surface area (Å²) in [6.07, 6.45) is 1.87. The summed E-state index contributed by atoms with van der Waals surface area (Å²) in [6.45, 7) is 1.48. The van der Waals surface area contributed by atoms with E-state index in [9.17, 15) is 24.6 Å². The molecule has 0 aromatic heterocycles. The minimum absolute atomic E-state index is 0.0660. The standard InChI is InChI=1S/C27H32N2O6/c1-16(30)25(26(32)33)29-24(31)14-23(17-8-2-3-9-17)28-27(34)35-15-22-20-12-6-4-10-18(20)19-11-5-7-13-21(19)22/h4-7,10-13,16-17,22-23,25,30H,2-3,8-9,14-15H2,1H3,(H,28,34)(H,29,31)(H,32,33). The number of fused-ring (bicyclic) bond motifs is 3. The first kappa shape index (κ1) is 24.7. The Morgan fingerprint density at radius 3 is 2.09 bits per heavy atom. The molecule has 2 aromatic rings. The highest BCUT2D eigenvalue weighted by atomic mass is 16.5. The third-order valence-electron chi connectivity index (χ3n) is 7.09. The monoisotopic (exact) mass is 480 g/mol. The maximum Gasteiger partial charge on any atom is 0.407 e. The minimum Gasteiger partial charge on any atom is -0.480 e. The molecule has 3 atom stereocenters. The summed E-state index contributed by atoms with van der Waals surface area (Å²) in [6, 6.07) is 14.3. The van der Waals surface area contributed by atoms with Crippen molar-refractivity contribution in [3.05, 3.63) is 59.7 Å². The normalized spacial score (nSPS) is 17.7. The highest BCUT2D eigenvalue weighted by molar-refractivity contribution is 5.84. The Morgan fingerprint density at radius 2 is 1.54 bits per heavy atom. The lowest BCUT2D eigenvalue weighted by molar-refractivity contribution is -0.144. The average molecular weight is 481 g/mol. The molecule has 1 saturated carbocycles. The molecular weight excluding hydrogens is 448 g/mol. The molecule has 186 valence electrons. The van der Waals surface area contributed by atoms with Gasteiger partial charge in [-0.2, -0.15) is 0 Å². The second-order valence-electron chi connectivity index (χ2n) is 9.45. The molecule has 0 saturated heterocycles. The SMILES string of the molecule is CC(O)C(NC(=O)CC(NC(=O)OCC1c2ccccc2-c2ccccc21)C1CCCC1)C(=O)O. The predicted octanol–water partition coefficient (Wildman–Crippen LogP) is 3.42. The molecule has 4 N–H and O–H groups in total. The van der Waals surface area contributed by atoms with Gasteiger partial charge in [-0.1, -0.05) is 61.4 Å². The Morgan fingerprint density at radius 1 is 0.971 bits per heavy atom. The Bertz CT molecular complexity index is 1030. The number of carbonyl (C=O) groups excluding carboxylic acids is 2. The van der Waals surface area contributed by atoms with Crippen LogP contribution in [0.4, 0.5) is 4.79 Å². The van der Waals surface area contributed by atoms with Gasteiger partial charge in [-0.3, -0.25) is 4.79 Å². The fourth-order valence-corrected chi connectivity index (χ4v) is 5.31. The van der Waals surface area contributed by atoms with Crippen LogP contribution in [-0.2, 0) is 14.3 Å². The van der Waals surface area contributed by atoms with Crippen LogP contribution in [0.15, 0.2) is 48.5 Å². The maximum absolute atomic E-state index is 12.8. The topological polar surface area (TPSA) is 125 Å². The molecule has 8 nitrogen and oxygen atoms in total. The molecule has 2 aliphatic rings. The van der Waals surface area contributed by atoms with Crippen LogP contribution in [0.1, 0.15) is 56.1 Å². The number of nitrogens with one attached hydrogen (secondary N) is 2. The lowest BCUT2D eigenvalue weighted by atomic mass is 9.95. The number of aliphatic hydroxyl groups excluding tert-OH is 1. The van der Waals surface area contributed by atoms with Crippen LogP contribution >= 0.6 is 0 Å². The number of amides is 2. The Hall–Kier alpha value is -3.39. The number of hydrogen-bond donors (Lipinski definition) is 4. The lowest BCUT2D eigenvalue weighted by Crippen LogP contribution is -2.50. The van der Waals surface area contributed by atoms with Gasteiger partial charge in [0, 0.05) is 18.4 Å². The average Bonchev–Trinajstić information content (AvgIpc) is 3.47. The maximum atomic E-state index is 12.8. The van der Waals surface area contributed by atoms with Gasteiger partial charge in [0.1, 0.15) is 6.61 Å². The number of aliphatic carboxylic acids is 1. The molecule has 0 aliphatic heterocycles. The number of ether oxygens (including phenoxy) is 1. The van der Waals surface area contributed by atoms with E-state index in [2.05, 4.69) is 22.8 Å². The van der Waals surface area contributed by atoms with Crippen LogP contribution in [0.3, 0.4) is 0 Å². The van der Waals surface area contributed by atoms with Crippen LogP contribution in [0, 0.1) is 5.92 Å². The zero-order valence-corrected chi connectivity index (χ0v) is 19.8. The van der Waals surface area contributed by atoms with Crippen molar-refractivity contribution in [3.63, 3.8) is 0 Å². The first-order valence-electron chi connectivity index (χ1n) is 12.2. The van der Waals surface area contributed by atoms with E-state index in [0.29, 0.717) is 0 Å². The van der Waals surface area contributed by atoms with Gasteiger partial charge in [-0.25, -0.2) is 9.59 Å². The zero-order valence-electron chi connectivity index (χ0n) is 19.8. The van der Waals surface area contributed by atoms with E-state index < -0.39 is 36.2 Å². The molecule has 1 fully saturated rings. The number of carboxylic acids is 1. The van der Waals surface area contributed by atoms with E-state index in [0.717, 1.165) is 47.9 Å². The number of rotatable bonds is 9. The summed E-state index contributed by atoms with van der Waals surface area (Å²) in [5.41, 5.74) is 4.52. The molecular formula is C27H32N2O6. The number of carbonyl (C=O) groups is 3. The molecule has 0 radical (unpaired) electrons. The fraction of sp³-hybridized carbons (Fsp3) is 0.444. The first-order chi connectivity index (χ1) is 16.8. The smallest absolute Gasteiger partial charge is 0.407 e. The van der Waals surface area contributed by atoms with E-state index in [1.165, 1.54) is 6.92 Å². The minimum atomic E-state index is -1.40. The number of hydrogen-bond acceptors (Lipinski definition) is 5. The summed E-state index contributed by atoms with van der Waals surface area (Å²) in [5, 5.41) is 24.1. The summed E-state index contributed by atoms with van der Waals surface area (Å²) >= 11 is 0.